The van der Waals surface area contributed by atoms with Crippen molar-refractivity contribution in [2.45, 2.75) is 38.5 Å². The van der Waals surface area contributed by atoms with E-state index in [1.165, 1.54) is 19.2 Å². The summed E-state index contributed by atoms with van der Waals surface area (Å²) in [4.78, 5) is 15.5. The Morgan fingerprint density at radius 1 is 1.12 bits per heavy atom. The predicted octanol–water partition coefficient (Wildman–Crippen LogP) is 5.49. The van der Waals surface area contributed by atoms with Gasteiger partial charge in [-0.25, -0.2) is 9.78 Å². The van der Waals surface area contributed by atoms with Gasteiger partial charge in [-0.1, -0.05) is 19.1 Å². The maximum Gasteiger partial charge on any atom is 0.416 e. The standard InChI is InChI=1S/C24H24F3NO5/c1-14(13-32-19-10-4-16(5-11-19)12-20(31-3)23(29)30)21-15(2)33-22(28-21)17-6-8-18(9-7-17)24(25,26)27/h4-11,14,20H,12-13H2,1-3H3,(H,29,30)/t14?,20-/m0/s1. The summed E-state index contributed by atoms with van der Waals surface area (Å²) in [6, 6.07) is 11.7. The zero-order chi connectivity index (χ0) is 24.2. The van der Waals surface area contributed by atoms with Crippen LogP contribution < -0.4 is 4.74 Å². The molecule has 0 saturated heterocycles. The highest BCUT2D eigenvalue weighted by Gasteiger charge is 2.30. The number of methoxy groups -OCH3 is 1. The molecule has 0 radical (unpaired) electrons. The third kappa shape index (κ3) is 6.13. The molecule has 0 bridgehead atoms. The molecule has 2 aromatic carbocycles. The van der Waals surface area contributed by atoms with E-state index in [1.54, 1.807) is 31.2 Å². The average Bonchev–Trinajstić information content (AvgIpc) is 3.17. The molecule has 9 heteroatoms. The maximum absolute atomic E-state index is 12.8. The summed E-state index contributed by atoms with van der Waals surface area (Å²) in [5.41, 5.74) is 1.18. The molecule has 6 nitrogen and oxygen atoms in total. The number of rotatable bonds is 9. The van der Waals surface area contributed by atoms with Crippen LogP contribution in [0.1, 0.15) is 35.4 Å². The SMILES string of the molecule is CO[C@@H](Cc1ccc(OCC(C)c2nc(-c3ccc(C(F)(F)F)cc3)oc2C)cc1)C(=O)O. The van der Waals surface area contributed by atoms with Gasteiger partial charge in [0.2, 0.25) is 5.89 Å². The minimum Gasteiger partial charge on any atom is -0.493 e. The van der Waals surface area contributed by atoms with Gasteiger partial charge in [-0.05, 0) is 48.9 Å². The topological polar surface area (TPSA) is 81.8 Å². The van der Waals surface area contributed by atoms with Crippen LogP contribution in [0.15, 0.2) is 52.9 Å². The van der Waals surface area contributed by atoms with Gasteiger partial charge in [0.05, 0.1) is 17.9 Å². The number of aromatic nitrogens is 1. The summed E-state index contributed by atoms with van der Waals surface area (Å²) in [5.74, 6) is 0.264. The monoisotopic (exact) mass is 463 g/mol. The van der Waals surface area contributed by atoms with Crippen LogP contribution in [0, 0.1) is 6.92 Å². The van der Waals surface area contributed by atoms with E-state index < -0.39 is 23.8 Å². The predicted molar refractivity (Wildman–Crippen MR) is 114 cm³/mol. The molecule has 1 aromatic heterocycles. The lowest BCUT2D eigenvalue weighted by molar-refractivity contribution is -0.148. The van der Waals surface area contributed by atoms with Crippen molar-refractivity contribution in [3.8, 4) is 17.2 Å². The quantitative estimate of drug-likeness (QED) is 0.452. The third-order valence-corrected chi connectivity index (χ3v) is 5.16. The lowest BCUT2D eigenvalue weighted by Crippen LogP contribution is -2.24. The Kier molecular flexibility index (Phi) is 7.43. The summed E-state index contributed by atoms with van der Waals surface area (Å²) in [7, 11) is 1.35. The second kappa shape index (κ2) is 10.1. The summed E-state index contributed by atoms with van der Waals surface area (Å²) >= 11 is 0. The molecule has 0 aliphatic carbocycles. The number of halogens is 3. The van der Waals surface area contributed by atoms with E-state index in [1.807, 2.05) is 6.92 Å². The van der Waals surface area contributed by atoms with E-state index in [4.69, 9.17) is 19.0 Å². The Morgan fingerprint density at radius 2 is 1.76 bits per heavy atom. The number of nitrogens with zero attached hydrogens (tertiary/aromatic N) is 1. The van der Waals surface area contributed by atoms with Crippen molar-refractivity contribution >= 4 is 5.97 Å². The molecule has 33 heavy (non-hydrogen) atoms. The van der Waals surface area contributed by atoms with Crippen LogP contribution in [0.3, 0.4) is 0 Å². The molecular weight excluding hydrogens is 439 g/mol. The molecule has 0 aliphatic heterocycles. The highest BCUT2D eigenvalue weighted by atomic mass is 19.4. The van der Waals surface area contributed by atoms with E-state index in [0.29, 0.717) is 29.4 Å². The van der Waals surface area contributed by atoms with Crippen LogP contribution in [0.2, 0.25) is 0 Å². The number of aliphatic carboxylic acids is 1. The first-order valence-electron chi connectivity index (χ1n) is 10.2. The second-order valence-electron chi connectivity index (χ2n) is 7.66. The molecule has 3 aromatic rings. The highest BCUT2D eigenvalue weighted by Crippen LogP contribution is 2.32. The minimum atomic E-state index is -4.40. The van der Waals surface area contributed by atoms with Crippen LogP contribution >= 0.6 is 0 Å². The van der Waals surface area contributed by atoms with Crippen molar-refractivity contribution in [2.75, 3.05) is 13.7 Å². The number of carboxylic acid groups (broad SMARTS) is 1. The fraction of sp³-hybridized carbons (Fsp3) is 0.333. The molecule has 1 N–H and O–H groups in total. The van der Waals surface area contributed by atoms with E-state index in [9.17, 15) is 18.0 Å². The number of carboxylic acids is 1. The largest absolute Gasteiger partial charge is 0.493 e. The molecular formula is C24H24F3NO5. The lowest BCUT2D eigenvalue weighted by atomic mass is 10.1. The smallest absolute Gasteiger partial charge is 0.416 e. The Hall–Kier alpha value is -3.33. The van der Waals surface area contributed by atoms with Gasteiger partial charge in [-0.3, -0.25) is 0 Å². The van der Waals surface area contributed by atoms with Gasteiger partial charge >= 0.3 is 12.1 Å². The van der Waals surface area contributed by atoms with Gasteiger partial charge in [0, 0.05) is 25.0 Å². The summed E-state index contributed by atoms with van der Waals surface area (Å²) in [5, 5.41) is 9.08. The fourth-order valence-corrected chi connectivity index (χ4v) is 3.30. The highest BCUT2D eigenvalue weighted by molar-refractivity contribution is 5.72. The Balaban J connectivity index is 1.62. The number of ether oxygens (including phenoxy) is 2. The Bertz CT molecular complexity index is 1070. The molecule has 0 saturated carbocycles. The molecule has 3 rings (SSSR count). The van der Waals surface area contributed by atoms with Gasteiger partial charge in [-0.15, -0.1) is 0 Å². The van der Waals surface area contributed by atoms with Crippen molar-refractivity contribution in [1.82, 2.24) is 4.98 Å². The van der Waals surface area contributed by atoms with Crippen LogP contribution in [0.5, 0.6) is 5.75 Å². The first-order chi connectivity index (χ1) is 15.6. The number of aryl methyl sites for hydroxylation is 1. The van der Waals surface area contributed by atoms with E-state index >= 15 is 0 Å². The van der Waals surface area contributed by atoms with Crippen LogP contribution in [0.25, 0.3) is 11.5 Å². The minimum absolute atomic E-state index is 0.137. The second-order valence-corrected chi connectivity index (χ2v) is 7.66. The number of oxazole rings is 1. The molecule has 0 amide bonds. The van der Waals surface area contributed by atoms with Crippen LogP contribution in [-0.4, -0.2) is 35.9 Å². The Morgan fingerprint density at radius 3 is 2.30 bits per heavy atom. The molecule has 0 aliphatic rings. The van der Waals surface area contributed by atoms with E-state index in [2.05, 4.69) is 4.98 Å². The summed E-state index contributed by atoms with van der Waals surface area (Å²) < 4.78 is 54.7. The zero-order valence-corrected chi connectivity index (χ0v) is 18.3. The number of carbonyl (C=O) groups is 1. The fourth-order valence-electron chi connectivity index (χ4n) is 3.30. The number of hydrogen-bond donors (Lipinski definition) is 1. The lowest BCUT2D eigenvalue weighted by Gasteiger charge is -2.13. The van der Waals surface area contributed by atoms with Gasteiger partial charge in [0.15, 0.2) is 6.10 Å². The molecule has 0 spiro atoms. The molecule has 1 heterocycles. The summed E-state index contributed by atoms with van der Waals surface area (Å²) in [6.07, 6.45) is -5.07. The van der Waals surface area contributed by atoms with Crippen molar-refractivity contribution in [1.29, 1.82) is 0 Å². The number of hydrogen-bond acceptors (Lipinski definition) is 5. The first-order valence-corrected chi connectivity index (χ1v) is 10.2. The van der Waals surface area contributed by atoms with Gasteiger partial charge in [0.1, 0.15) is 11.5 Å². The van der Waals surface area contributed by atoms with Gasteiger partial charge in [-0.2, -0.15) is 13.2 Å². The van der Waals surface area contributed by atoms with Crippen LogP contribution in [0.4, 0.5) is 13.2 Å². The Labute approximate surface area is 189 Å². The van der Waals surface area contributed by atoms with Crippen molar-refractivity contribution < 1.29 is 37.0 Å². The van der Waals surface area contributed by atoms with Gasteiger partial charge < -0.3 is 19.0 Å². The van der Waals surface area contributed by atoms with E-state index in [-0.39, 0.29) is 18.2 Å². The van der Waals surface area contributed by atoms with Crippen LogP contribution in [-0.2, 0) is 22.1 Å². The van der Waals surface area contributed by atoms with Crippen molar-refractivity contribution in [2.24, 2.45) is 0 Å². The zero-order valence-electron chi connectivity index (χ0n) is 18.3. The maximum atomic E-state index is 12.8. The number of alkyl halides is 3. The summed E-state index contributed by atoms with van der Waals surface area (Å²) in [6.45, 7) is 3.96. The van der Waals surface area contributed by atoms with Crippen molar-refractivity contribution in [3.63, 3.8) is 0 Å². The van der Waals surface area contributed by atoms with Gasteiger partial charge in [0.25, 0.3) is 0 Å². The first kappa shape index (κ1) is 24.3. The van der Waals surface area contributed by atoms with Crippen molar-refractivity contribution in [3.05, 3.63) is 71.1 Å². The average molecular weight is 463 g/mol. The number of benzene rings is 2. The molecule has 2 atom stereocenters. The molecule has 176 valence electrons. The van der Waals surface area contributed by atoms with E-state index in [0.717, 1.165) is 17.7 Å². The molecule has 0 fully saturated rings. The third-order valence-electron chi connectivity index (χ3n) is 5.16. The molecule has 1 unspecified atom stereocenters. The normalized spacial score (nSPS) is 13.5.